The second kappa shape index (κ2) is 21.2. The number of halogens is 1. The predicted molar refractivity (Wildman–Crippen MR) is 299 cm³/mol. The number of aromatic nitrogens is 4. The number of fused-ring (bicyclic) bond motifs is 1. The summed E-state index contributed by atoms with van der Waals surface area (Å²) in [5.41, 5.74) is 8.05. The smallest absolute Gasteiger partial charge is 0.262 e. The first-order valence-electron chi connectivity index (χ1n) is 26.1. The highest BCUT2D eigenvalue weighted by atomic mass is 79.9. The number of piperidine rings is 3. The van der Waals surface area contributed by atoms with E-state index in [-0.39, 0.29) is 18.7 Å². The molecule has 394 valence electrons. The Morgan fingerprint density at radius 1 is 0.697 bits per heavy atom. The van der Waals surface area contributed by atoms with Gasteiger partial charge in [-0.3, -0.25) is 43.9 Å². The molecule has 4 saturated heterocycles. The molecule has 4 amide bonds. The van der Waals surface area contributed by atoms with Gasteiger partial charge in [0.1, 0.15) is 24.8 Å². The molecule has 5 aliphatic heterocycles. The maximum Gasteiger partial charge on any atom is 0.262 e. The lowest BCUT2D eigenvalue weighted by Gasteiger charge is -2.46. The number of methoxy groups -OCH3 is 1. The number of nitrogens with zero attached hydrogens (tertiary/aromatic N) is 9. The second-order valence-electron chi connectivity index (χ2n) is 20.7. The van der Waals surface area contributed by atoms with Gasteiger partial charge in [-0.15, -0.1) is 0 Å². The standard InChI is InChI=1S/C56H62BrN12O6P/c1-64-34-37(32-59-64)42-30-46(61-56-58-33-44(57)52(63-56)60-45-13-10-36(28-50(45)76(3,4)74)35-8-6-5-7-9-35)49(75-2)31-48(42)68-22-18-39(19-23-68)67-26-24-66(25-27-67)38-16-20-65(21-17-38)40-11-12-41-43(29-40)55(73)69(54(41)72)47-14-15-51(70)62-53(47)71/h5-13,28-34,38-39,47H,14-27H2,1-4H3,(H,62,70,71)(H2,58,60,61,63). The van der Waals surface area contributed by atoms with Gasteiger partial charge in [-0.2, -0.15) is 10.1 Å². The summed E-state index contributed by atoms with van der Waals surface area (Å²) in [4.78, 5) is 71.7. The fourth-order valence-corrected chi connectivity index (χ4v) is 13.1. The first kappa shape index (κ1) is 51.2. The van der Waals surface area contributed by atoms with Crippen molar-refractivity contribution < 1.29 is 28.5 Å². The number of carbonyl (C=O) groups is 4. The van der Waals surface area contributed by atoms with Gasteiger partial charge in [0, 0.05) is 124 Å². The zero-order valence-electron chi connectivity index (χ0n) is 43.2. The Bertz CT molecular complexity index is 3270. The molecule has 0 radical (unpaired) electrons. The van der Waals surface area contributed by atoms with Crippen LogP contribution in [0.1, 0.15) is 59.2 Å². The predicted octanol–water partition coefficient (Wildman–Crippen LogP) is 7.71. The van der Waals surface area contributed by atoms with E-state index in [0.717, 1.165) is 122 Å². The normalized spacial score (nSPS) is 19.3. The van der Waals surface area contributed by atoms with E-state index in [1.54, 1.807) is 38.8 Å². The van der Waals surface area contributed by atoms with Gasteiger partial charge in [0.25, 0.3) is 11.8 Å². The first-order valence-corrected chi connectivity index (χ1v) is 29.4. The van der Waals surface area contributed by atoms with Crippen LogP contribution in [-0.4, -0.2) is 149 Å². The number of anilines is 6. The number of rotatable bonds is 13. The molecule has 11 rings (SSSR count). The Morgan fingerprint density at radius 2 is 1.38 bits per heavy atom. The van der Waals surface area contributed by atoms with E-state index in [9.17, 15) is 23.7 Å². The second-order valence-corrected chi connectivity index (χ2v) is 24.8. The van der Waals surface area contributed by atoms with Crippen LogP contribution in [0.2, 0.25) is 0 Å². The molecule has 6 aromatic rings. The number of ether oxygens (including phenoxy) is 1. The summed E-state index contributed by atoms with van der Waals surface area (Å²) >= 11 is 3.64. The lowest BCUT2D eigenvalue weighted by Crippen LogP contribution is -2.56. The number of hydrogen-bond acceptors (Lipinski definition) is 15. The van der Waals surface area contributed by atoms with Crippen molar-refractivity contribution in [2.45, 2.75) is 56.7 Å². The third kappa shape index (κ3) is 10.4. The Balaban J connectivity index is 0.715. The molecule has 0 saturated carbocycles. The van der Waals surface area contributed by atoms with Crippen LogP contribution in [0.15, 0.2) is 102 Å². The van der Waals surface area contributed by atoms with Crippen LogP contribution < -0.4 is 35.8 Å². The number of amides is 4. The molecule has 1 unspecified atom stereocenters. The lowest BCUT2D eigenvalue weighted by molar-refractivity contribution is -0.136. The molecule has 5 aliphatic rings. The number of nitrogens with one attached hydrogen (secondary N) is 3. The topological polar surface area (TPSA) is 190 Å². The molecule has 1 atom stereocenters. The average Bonchev–Trinajstić information content (AvgIpc) is 4.01. The summed E-state index contributed by atoms with van der Waals surface area (Å²) in [6.45, 7) is 11.1. The van der Waals surface area contributed by atoms with Crippen molar-refractivity contribution in [3.8, 4) is 28.0 Å². The SMILES string of the molecule is COc1cc(N2CCC(N3CCN(C4CCN(c5ccc6c(c5)C(=O)N(C5CCC(=O)NC5=O)C6=O)CC4)CC3)CC2)c(-c2cnn(C)c2)cc1Nc1ncc(Br)c(Nc2ccc(-c3ccccc3)cc2P(C)(C)=O)n1. The van der Waals surface area contributed by atoms with Gasteiger partial charge in [-0.05, 0) is 109 Å². The summed E-state index contributed by atoms with van der Waals surface area (Å²) < 4.78 is 22.2. The van der Waals surface area contributed by atoms with Crippen molar-refractivity contribution in [2.75, 3.05) is 93.2 Å². The highest BCUT2D eigenvalue weighted by molar-refractivity contribution is 9.10. The lowest BCUT2D eigenvalue weighted by atomic mass is 9.97. The Hall–Kier alpha value is -6.92. The van der Waals surface area contributed by atoms with Gasteiger partial charge in [0.05, 0.1) is 40.3 Å². The fourth-order valence-electron chi connectivity index (χ4n) is 11.6. The molecule has 20 heteroatoms. The number of hydrogen-bond donors (Lipinski definition) is 3. The van der Waals surface area contributed by atoms with E-state index in [2.05, 4.69) is 73.7 Å². The molecule has 0 bridgehead atoms. The molecule has 7 heterocycles. The fraction of sp³-hybridized carbons (Fsp3) is 0.375. The minimum absolute atomic E-state index is 0.0908. The maximum atomic E-state index is 13.7. The molecular formula is C56H62BrN12O6P. The largest absolute Gasteiger partial charge is 0.494 e. The quantitative estimate of drug-likeness (QED) is 0.0753. The van der Waals surface area contributed by atoms with Crippen molar-refractivity contribution >= 4 is 86.5 Å². The van der Waals surface area contributed by atoms with Crippen molar-refractivity contribution in [3.63, 3.8) is 0 Å². The third-order valence-electron chi connectivity index (χ3n) is 15.7. The van der Waals surface area contributed by atoms with E-state index in [1.165, 1.54) is 0 Å². The summed E-state index contributed by atoms with van der Waals surface area (Å²) in [5, 5.41) is 14.4. The summed E-state index contributed by atoms with van der Waals surface area (Å²) in [6, 6.07) is 25.6. The highest BCUT2D eigenvalue weighted by Gasteiger charge is 2.45. The Labute approximate surface area is 450 Å². The molecule has 0 aliphatic carbocycles. The molecule has 4 aromatic carbocycles. The van der Waals surface area contributed by atoms with Crippen LogP contribution in [0.5, 0.6) is 5.75 Å². The maximum absolute atomic E-state index is 13.7. The molecule has 2 aromatic heterocycles. The van der Waals surface area contributed by atoms with Crippen molar-refractivity contribution in [1.29, 1.82) is 0 Å². The van der Waals surface area contributed by atoms with Crippen molar-refractivity contribution in [2.24, 2.45) is 7.05 Å². The molecule has 4 fully saturated rings. The van der Waals surface area contributed by atoms with Crippen LogP contribution >= 0.6 is 23.1 Å². The van der Waals surface area contributed by atoms with Gasteiger partial charge in [0.2, 0.25) is 17.8 Å². The molecular weight excluding hydrogens is 1050 g/mol. The van der Waals surface area contributed by atoms with Gasteiger partial charge < -0.3 is 29.7 Å². The summed E-state index contributed by atoms with van der Waals surface area (Å²) in [6.07, 6.45) is 9.93. The zero-order chi connectivity index (χ0) is 52.8. The highest BCUT2D eigenvalue weighted by Crippen LogP contribution is 2.43. The van der Waals surface area contributed by atoms with E-state index < -0.39 is 30.9 Å². The van der Waals surface area contributed by atoms with Crippen LogP contribution in [0.4, 0.5) is 34.5 Å². The van der Waals surface area contributed by atoms with Gasteiger partial charge in [-0.1, -0.05) is 36.4 Å². The number of piperazine rings is 1. The van der Waals surface area contributed by atoms with Crippen LogP contribution in [-0.2, 0) is 21.2 Å². The summed E-state index contributed by atoms with van der Waals surface area (Å²) in [5.74, 6) is -0.424. The molecule has 3 N–H and O–H groups in total. The van der Waals surface area contributed by atoms with E-state index in [1.807, 2.05) is 78.7 Å². The minimum Gasteiger partial charge on any atom is -0.494 e. The zero-order valence-corrected chi connectivity index (χ0v) is 45.6. The molecule has 0 spiro atoms. The van der Waals surface area contributed by atoms with E-state index in [4.69, 9.17) is 9.72 Å². The van der Waals surface area contributed by atoms with Crippen LogP contribution in [0.25, 0.3) is 22.3 Å². The molecule has 18 nitrogen and oxygen atoms in total. The van der Waals surface area contributed by atoms with Gasteiger partial charge in [0.15, 0.2) is 0 Å². The Morgan fingerprint density at radius 3 is 2.03 bits per heavy atom. The minimum atomic E-state index is -2.71. The number of aryl methyl sites for hydroxylation is 1. The number of imide groups is 2. The summed E-state index contributed by atoms with van der Waals surface area (Å²) in [7, 11) is 0.887. The third-order valence-corrected chi connectivity index (χ3v) is 17.8. The average molecular weight is 1110 g/mol. The monoisotopic (exact) mass is 1110 g/mol. The van der Waals surface area contributed by atoms with Crippen LogP contribution in [0, 0.1) is 0 Å². The van der Waals surface area contributed by atoms with Crippen molar-refractivity contribution in [1.82, 2.24) is 39.8 Å². The first-order chi connectivity index (χ1) is 36.7. The number of carbonyl (C=O) groups excluding carboxylic acids is 4. The van der Waals surface area contributed by atoms with Gasteiger partial charge >= 0.3 is 0 Å². The van der Waals surface area contributed by atoms with Gasteiger partial charge in [-0.25, -0.2) is 4.98 Å². The van der Waals surface area contributed by atoms with E-state index >= 15 is 0 Å². The molecule has 76 heavy (non-hydrogen) atoms. The Kier molecular flexibility index (Phi) is 14.3. The van der Waals surface area contributed by atoms with Crippen molar-refractivity contribution in [3.05, 3.63) is 113 Å². The van der Waals surface area contributed by atoms with E-state index in [0.29, 0.717) is 56.6 Å². The number of benzene rings is 4. The van der Waals surface area contributed by atoms with Crippen LogP contribution in [0.3, 0.4) is 0 Å².